The molecule has 1 saturated heterocycles. The number of anilines is 1. The monoisotopic (exact) mass is 517 g/mol. The molecule has 12 heteroatoms. The van der Waals surface area contributed by atoms with Crippen LogP contribution >= 0.6 is 11.3 Å². The zero-order valence-corrected chi connectivity index (χ0v) is 20.2. The van der Waals surface area contributed by atoms with E-state index >= 15 is 0 Å². The first-order valence-electron chi connectivity index (χ1n) is 11.2. The number of sulfone groups is 1. The van der Waals surface area contributed by atoms with E-state index in [0.29, 0.717) is 54.8 Å². The predicted octanol–water partition coefficient (Wildman–Crippen LogP) is 3.20. The van der Waals surface area contributed by atoms with Crippen LogP contribution in [0.5, 0.6) is 0 Å². The SMILES string of the molecule is O=C(O)c1ccc2nc(NC(=O)C(OC3CCOCC3)c3ccc(S(=O)(=O)C4CC4)cc3)sc2n1. The van der Waals surface area contributed by atoms with Crippen molar-refractivity contribution in [2.24, 2.45) is 0 Å². The lowest BCUT2D eigenvalue weighted by atomic mass is 10.1. The first-order chi connectivity index (χ1) is 16.8. The minimum absolute atomic E-state index is 0.110. The molecule has 3 aromatic rings. The van der Waals surface area contributed by atoms with E-state index in [0.717, 1.165) is 11.3 Å². The Bertz CT molecular complexity index is 1360. The second-order valence-corrected chi connectivity index (χ2v) is 11.7. The van der Waals surface area contributed by atoms with Crippen LogP contribution in [0.3, 0.4) is 0 Å². The molecule has 35 heavy (non-hydrogen) atoms. The number of carboxylic acids is 1. The fourth-order valence-electron chi connectivity index (χ4n) is 3.86. The Labute approximate surface area is 205 Å². The number of rotatable bonds is 8. The topological polar surface area (TPSA) is 145 Å². The molecule has 1 saturated carbocycles. The van der Waals surface area contributed by atoms with Gasteiger partial charge in [0, 0.05) is 13.2 Å². The van der Waals surface area contributed by atoms with Gasteiger partial charge in [0.2, 0.25) is 0 Å². The molecule has 184 valence electrons. The summed E-state index contributed by atoms with van der Waals surface area (Å²) < 4.78 is 36.6. The molecule has 0 spiro atoms. The van der Waals surface area contributed by atoms with E-state index in [9.17, 15) is 18.0 Å². The van der Waals surface area contributed by atoms with Crippen LogP contribution in [0.1, 0.15) is 47.8 Å². The number of nitrogens with zero attached hydrogens (tertiary/aromatic N) is 2. The lowest BCUT2D eigenvalue weighted by Gasteiger charge is -2.27. The van der Waals surface area contributed by atoms with Crippen molar-refractivity contribution in [1.29, 1.82) is 0 Å². The Morgan fingerprint density at radius 1 is 1.06 bits per heavy atom. The van der Waals surface area contributed by atoms with E-state index in [4.69, 9.17) is 14.6 Å². The Kier molecular flexibility index (Phi) is 6.53. The average molecular weight is 518 g/mol. The highest BCUT2D eigenvalue weighted by Gasteiger charge is 2.37. The van der Waals surface area contributed by atoms with Gasteiger partial charge in [-0.2, -0.15) is 0 Å². The summed E-state index contributed by atoms with van der Waals surface area (Å²) in [5.74, 6) is -1.62. The summed E-state index contributed by atoms with van der Waals surface area (Å²) in [4.78, 5) is 33.5. The van der Waals surface area contributed by atoms with Gasteiger partial charge in [0.05, 0.1) is 16.2 Å². The van der Waals surface area contributed by atoms with E-state index in [1.165, 1.54) is 24.3 Å². The first-order valence-corrected chi connectivity index (χ1v) is 13.6. The van der Waals surface area contributed by atoms with Crippen molar-refractivity contribution in [3.8, 4) is 0 Å². The standard InChI is InChI=1S/C23H23N3O7S2/c27-20(26-23-25-17-7-8-18(22(28)29)24-21(17)34-23)19(33-14-9-11-32-12-10-14)13-1-3-15(4-2-13)35(30,31)16-5-6-16/h1-4,7-8,14,16,19H,5-6,9-12H2,(H,28,29)(H,25,26,27). The smallest absolute Gasteiger partial charge is 0.354 e. The van der Waals surface area contributed by atoms with Crippen LogP contribution in [0.4, 0.5) is 5.13 Å². The molecule has 0 radical (unpaired) electrons. The van der Waals surface area contributed by atoms with Gasteiger partial charge in [-0.1, -0.05) is 23.5 Å². The van der Waals surface area contributed by atoms with Crippen molar-refractivity contribution in [1.82, 2.24) is 9.97 Å². The van der Waals surface area contributed by atoms with Crippen molar-refractivity contribution in [3.63, 3.8) is 0 Å². The second kappa shape index (κ2) is 9.61. The molecular formula is C23H23N3O7S2. The van der Waals surface area contributed by atoms with Crippen LogP contribution in [0, 0.1) is 0 Å². The molecule has 1 aliphatic carbocycles. The summed E-state index contributed by atoms with van der Waals surface area (Å²) in [6.45, 7) is 1.07. The summed E-state index contributed by atoms with van der Waals surface area (Å²) in [5, 5.41) is 11.8. The third kappa shape index (κ3) is 5.20. The number of amides is 1. The van der Waals surface area contributed by atoms with Gasteiger partial charge in [0.25, 0.3) is 5.91 Å². The molecule has 5 rings (SSSR count). The molecule has 1 aliphatic heterocycles. The number of ether oxygens (including phenoxy) is 2. The van der Waals surface area contributed by atoms with E-state index in [1.807, 2.05) is 0 Å². The maximum Gasteiger partial charge on any atom is 0.354 e. The maximum absolute atomic E-state index is 13.3. The first kappa shape index (κ1) is 23.8. The highest BCUT2D eigenvalue weighted by molar-refractivity contribution is 7.92. The van der Waals surface area contributed by atoms with Gasteiger partial charge in [-0.05, 0) is 55.5 Å². The highest BCUT2D eigenvalue weighted by Crippen LogP contribution is 2.34. The number of hydrogen-bond donors (Lipinski definition) is 2. The van der Waals surface area contributed by atoms with E-state index in [-0.39, 0.29) is 27.1 Å². The largest absolute Gasteiger partial charge is 0.477 e. The Morgan fingerprint density at radius 2 is 1.77 bits per heavy atom. The Morgan fingerprint density at radius 3 is 2.43 bits per heavy atom. The molecule has 1 atom stereocenters. The number of carbonyl (C=O) groups is 2. The summed E-state index contributed by atoms with van der Waals surface area (Å²) in [6.07, 6.45) is 1.44. The van der Waals surface area contributed by atoms with Gasteiger partial charge in [-0.25, -0.2) is 23.2 Å². The van der Waals surface area contributed by atoms with E-state index in [1.54, 1.807) is 12.1 Å². The number of aromatic nitrogens is 2. The lowest BCUT2D eigenvalue weighted by Crippen LogP contribution is -2.31. The van der Waals surface area contributed by atoms with Crippen LogP contribution in [-0.2, 0) is 24.1 Å². The quantitative estimate of drug-likeness (QED) is 0.460. The number of pyridine rings is 1. The molecular weight excluding hydrogens is 494 g/mol. The number of hydrogen-bond acceptors (Lipinski definition) is 9. The summed E-state index contributed by atoms with van der Waals surface area (Å²) >= 11 is 1.06. The zero-order chi connectivity index (χ0) is 24.6. The molecule has 0 bridgehead atoms. The summed E-state index contributed by atoms with van der Waals surface area (Å²) in [6, 6.07) is 9.14. The van der Waals surface area contributed by atoms with Crippen LogP contribution in [0.15, 0.2) is 41.3 Å². The minimum atomic E-state index is -3.34. The fraction of sp³-hybridized carbons (Fsp3) is 0.391. The Hall–Kier alpha value is -2.93. The van der Waals surface area contributed by atoms with Crippen molar-refractivity contribution >= 4 is 48.5 Å². The number of benzene rings is 1. The van der Waals surface area contributed by atoms with Gasteiger partial charge in [-0.3, -0.25) is 10.1 Å². The van der Waals surface area contributed by atoms with Crippen molar-refractivity contribution < 1.29 is 32.6 Å². The third-order valence-corrected chi connectivity index (χ3v) is 9.07. The predicted molar refractivity (Wildman–Crippen MR) is 127 cm³/mol. The van der Waals surface area contributed by atoms with E-state index < -0.39 is 27.8 Å². The number of carboxylic acid groups (broad SMARTS) is 1. The Balaban J connectivity index is 1.39. The van der Waals surface area contributed by atoms with Crippen molar-refractivity contribution in [2.75, 3.05) is 18.5 Å². The fourth-order valence-corrected chi connectivity index (χ4v) is 6.36. The highest BCUT2D eigenvalue weighted by atomic mass is 32.2. The average Bonchev–Trinajstić information content (AvgIpc) is 3.64. The summed E-state index contributed by atoms with van der Waals surface area (Å²) in [7, 11) is -3.34. The van der Waals surface area contributed by atoms with Gasteiger partial charge < -0.3 is 14.6 Å². The van der Waals surface area contributed by atoms with Crippen LogP contribution in [0.2, 0.25) is 0 Å². The number of carbonyl (C=O) groups excluding carboxylic acids is 1. The third-order valence-electron chi connectivity index (χ3n) is 5.91. The molecule has 3 heterocycles. The van der Waals surface area contributed by atoms with Crippen LogP contribution in [-0.4, -0.2) is 59.9 Å². The zero-order valence-electron chi connectivity index (χ0n) is 18.5. The molecule has 1 aromatic carbocycles. The molecule has 10 nitrogen and oxygen atoms in total. The normalized spacial score (nSPS) is 17.8. The molecule has 1 amide bonds. The maximum atomic E-state index is 13.3. The molecule has 2 aliphatic rings. The molecule has 2 aromatic heterocycles. The van der Waals surface area contributed by atoms with Crippen molar-refractivity contribution in [2.45, 2.75) is 48.0 Å². The minimum Gasteiger partial charge on any atom is -0.477 e. The molecule has 2 fully saturated rings. The number of aromatic carboxylic acids is 1. The van der Waals surface area contributed by atoms with Gasteiger partial charge in [0.15, 0.2) is 21.1 Å². The van der Waals surface area contributed by atoms with Crippen molar-refractivity contribution in [3.05, 3.63) is 47.7 Å². The van der Waals surface area contributed by atoms with Gasteiger partial charge in [0.1, 0.15) is 16.0 Å². The van der Waals surface area contributed by atoms with Gasteiger partial charge in [-0.15, -0.1) is 0 Å². The second-order valence-electron chi connectivity index (χ2n) is 8.48. The molecule has 2 N–H and O–H groups in total. The summed E-state index contributed by atoms with van der Waals surface area (Å²) in [5.41, 5.74) is 0.879. The number of fused-ring (bicyclic) bond motifs is 1. The van der Waals surface area contributed by atoms with Gasteiger partial charge >= 0.3 is 5.97 Å². The molecule has 1 unspecified atom stereocenters. The van der Waals surface area contributed by atoms with Crippen LogP contribution in [0.25, 0.3) is 10.3 Å². The number of thiazole rings is 1. The number of nitrogens with one attached hydrogen (secondary N) is 1. The van der Waals surface area contributed by atoms with Crippen LogP contribution < -0.4 is 5.32 Å². The van der Waals surface area contributed by atoms with E-state index in [2.05, 4.69) is 15.3 Å². The lowest BCUT2D eigenvalue weighted by molar-refractivity contribution is -0.136.